The van der Waals surface area contributed by atoms with Crippen molar-refractivity contribution in [3.05, 3.63) is 48.0 Å². The van der Waals surface area contributed by atoms with Crippen LogP contribution in [-0.4, -0.2) is 57.4 Å². The number of piperidine rings is 1. The van der Waals surface area contributed by atoms with Crippen molar-refractivity contribution in [2.24, 2.45) is 0 Å². The third kappa shape index (κ3) is 3.68. The third-order valence-corrected chi connectivity index (χ3v) is 5.52. The second-order valence-electron chi connectivity index (χ2n) is 7.54. The molecule has 7 heteroatoms. The monoisotopic (exact) mass is 392 g/mol. The van der Waals surface area contributed by atoms with E-state index in [4.69, 9.17) is 9.97 Å². The van der Waals surface area contributed by atoms with Gasteiger partial charge in [-0.25, -0.2) is 14.8 Å². The van der Waals surface area contributed by atoms with E-state index >= 15 is 0 Å². The summed E-state index contributed by atoms with van der Waals surface area (Å²) in [4.78, 5) is 24.5. The number of carboxylic acid groups (broad SMARTS) is 1. The highest BCUT2D eigenvalue weighted by Crippen LogP contribution is 2.33. The molecule has 0 saturated carbocycles. The summed E-state index contributed by atoms with van der Waals surface area (Å²) in [7, 11) is 1.62. The first-order valence-electron chi connectivity index (χ1n) is 9.71. The number of nitrogens with zero attached hydrogens (tertiary/aromatic N) is 4. The van der Waals surface area contributed by atoms with Crippen molar-refractivity contribution in [2.75, 3.05) is 25.0 Å². The minimum absolute atomic E-state index is 0.0923. The first-order chi connectivity index (χ1) is 13.9. The van der Waals surface area contributed by atoms with Crippen LogP contribution in [0, 0.1) is 6.92 Å². The zero-order valence-corrected chi connectivity index (χ0v) is 16.5. The highest BCUT2D eigenvalue weighted by molar-refractivity contribution is 5.92. The number of amides is 1. The van der Waals surface area contributed by atoms with Gasteiger partial charge in [-0.15, -0.1) is 0 Å². The van der Waals surface area contributed by atoms with Crippen LogP contribution in [0.15, 0.2) is 42.5 Å². The fraction of sp³-hybridized carbons (Fsp3) is 0.318. The van der Waals surface area contributed by atoms with Crippen LogP contribution in [0.5, 0.6) is 5.75 Å². The van der Waals surface area contributed by atoms with Crippen LogP contribution in [0.25, 0.3) is 22.3 Å². The molecule has 1 aliphatic rings. The summed E-state index contributed by atoms with van der Waals surface area (Å²) in [6.07, 6.45) is 0.786. The quantitative estimate of drug-likeness (QED) is 0.703. The number of para-hydroxylation sites is 1. The Bertz CT molecular complexity index is 1070. The van der Waals surface area contributed by atoms with Gasteiger partial charge >= 0.3 is 6.09 Å². The number of carbonyl (C=O) groups is 1. The highest BCUT2D eigenvalue weighted by atomic mass is 16.4. The number of fused-ring (bicyclic) bond motifs is 1. The molecule has 1 aliphatic heterocycles. The molecular formula is C22H24N4O3. The molecule has 1 atom stereocenters. The molecule has 0 bridgehead atoms. The second kappa shape index (κ2) is 7.58. The standard InChI is InChI=1S/C22H24N4O3/c1-14-9-10-16-18(12-14)23-20(17-7-3-4-8-19(17)27)24-21(16)26-11-5-6-15(13-26)25(2)22(28)29/h3-4,7-10,12,15,27H,5-6,11,13H2,1-2H3,(H,28,29). The molecule has 0 spiro atoms. The van der Waals surface area contributed by atoms with Gasteiger partial charge in [0.25, 0.3) is 0 Å². The van der Waals surface area contributed by atoms with Gasteiger partial charge in [-0.05, 0) is 49.6 Å². The lowest BCUT2D eigenvalue weighted by Gasteiger charge is -2.37. The molecule has 1 fully saturated rings. The Labute approximate surface area is 169 Å². The number of benzene rings is 2. The number of phenols is 1. The van der Waals surface area contributed by atoms with Crippen LogP contribution in [-0.2, 0) is 0 Å². The molecule has 3 aromatic rings. The maximum absolute atomic E-state index is 11.4. The number of likely N-dealkylation sites (N-methyl/N-ethyl adjacent to an activating group) is 1. The number of aryl methyl sites for hydroxylation is 1. The van der Waals surface area contributed by atoms with Gasteiger partial charge in [-0.2, -0.15) is 0 Å². The van der Waals surface area contributed by atoms with Crippen molar-refractivity contribution in [2.45, 2.75) is 25.8 Å². The molecule has 1 aromatic heterocycles. The van der Waals surface area contributed by atoms with Gasteiger partial charge < -0.3 is 20.0 Å². The fourth-order valence-corrected chi connectivity index (χ4v) is 3.87. The normalized spacial score (nSPS) is 16.8. The zero-order chi connectivity index (χ0) is 20.5. The lowest BCUT2D eigenvalue weighted by Crippen LogP contribution is -2.48. The van der Waals surface area contributed by atoms with Gasteiger partial charge in [0.2, 0.25) is 0 Å². The van der Waals surface area contributed by atoms with E-state index in [0.29, 0.717) is 17.9 Å². The van der Waals surface area contributed by atoms with Gasteiger partial charge in [0.05, 0.1) is 17.1 Å². The molecule has 0 radical (unpaired) electrons. The summed E-state index contributed by atoms with van der Waals surface area (Å²) in [5, 5.41) is 20.6. The van der Waals surface area contributed by atoms with Crippen molar-refractivity contribution in [1.29, 1.82) is 0 Å². The lowest BCUT2D eigenvalue weighted by atomic mass is 10.0. The summed E-state index contributed by atoms with van der Waals surface area (Å²) in [5.41, 5.74) is 2.47. The Morgan fingerprint density at radius 2 is 2.00 bits per heavy atom. The number of hydrogen-bond acceptors (Lipinski definition) is 5. The Balaban J connectivity index is 1.82. The van der Waals surface area contributed by atoms with E-state index in [1.165, 1.54) is 4.90 Å². The first kappa shape index (κ1) is 19.0. The molecular weight excluding hydrogens is 368 g/mol. The lowest BCUT2D eigenvalue weighted by molar-refractivity contribution is 0.133. The zero-order valence-electron chi connectivity index (χ0n) is 16.5. The van der Waals surface area contributed by atoms with E-state index < -0.39 is 6.09 Å². The van der Waals surface area contributed by atoms with Crippen LogP contribution in [0.2, 0.25) is 0 Å². The second-order valence-corrected chi connectivity index (χ2v) is 7.54. The largest absolute Gasteiger partial charge is 0.507 e. The van der Waals surface area contributed by atoms with Gasteiger partial charge in [-0.1, -0.05) is 18.2 Å². The van der Waals surface area contributed by atoms with Crippen LogP contribution < -0.4 is 4.90 Å². The summed E-state index contributed by atoms with van der Waals surface area (Å²) >= 11 is 0. The van der Waals surface area contributed by atoms with Gasteiger partial charge in [0, 0.05) is 25.5 Å². The van der Waals surface area contributed by atoms with E-state index in [-0.39, 0.29) is 11.8 Å². The van der Waals surface area contributed by atoms with Gasteiger partial charge in [0.15, 0.2) is 5.82 Å². The molecule has 1 amide bonds. The molecule has 2 N–H and O–H groups in total. The number of hydrogen-bond donors (Lipinski definition) is 2. The van der Waals surface area contributed by atoms with Crippen molar-refractivity contribution < 1.29 is 15.0 Å². The van der Waals surface area contributed by atoms with Crippen molar-refractivity contribution >= 4 is 22.8 Å². The summed E-state index contributed by atoms with van der Waals surface area (Å²) < 4.78 is 0. The number of anilines is 1. The number of rotatable bonds is 3. The average molecular weight is 392 g/mol. The van der Waals surface area contributed by atoms with Crippen LogP contribution in [0.1, 0.15) is 18.4 Å². The van der Waals surface area contributed by atoms with Crippen molar-refractivity contribution in [3.63, 3.8) is 0 Å². The minimum atomic E-state index is -0.921. The Morgan fingerprint density at radius 1 is 1.21 bits per heavy atom. The number of aromatic nitrogens is 2. The fourth-order valence-electron chi connectivity index (χ4n) is 3.87. The van der Waals surface area contributed by atoms with E-state index in [0.717, 1.165) is 41.7 Å². The van der Waals surface area contributed by atoms with E-state index in [9.17, 15) is 15.0 Å². The maximum Gasteiger partial charge on any atom is 0.407 e. The molecule has 7 nitrogen and oxygen atoms in total. The first-order valence-corrected chi connectivity index (χ1v) is 9.71. The van der Waals surface area contributed by atoms with Crippen LogP contribution in [0.4, 0.5) is 10.6 Å². The van der Waals surface area contributed by atoms with E-state index in [2.05, 4.69) is 4.90 Å². The van der Waals surface area contributed by atoms with Crippen molar-refractivity contribution in [1.82, 2.24) is 14.9 Å². The average Bonchev–Trinajstić information content (AvgIpc) is 2.72. The van der Waals surface area contributed by atoms with Crippen LogP contribution in [0.3, 0.4) is 0 Å². The maximum atomic E-state index is 11.4. The molecule has 2 aromatic carbocycles. The molecule has 0 aliphatic carbocycles. The van der Waals surface area contributed by atoms with E-state index in [1.54, 1.807) is 25.2 Å². The Kier molecular flexibility index (Phi) is 4.96. The molecule has 150 valence electrons. The summed E-state index contributed by atoms with van der Waals surface area (Å²) in [6.45, 7) is 3.38. The summed E-state index contributed by atoms with van der Waals surface area (Å²) in [5.74, 6) is 1.37. The number of aromatic hydroxyl groups is 1. The Hall–Kier alpha value is -3.35. The highest BCUT2D eigenvalue weighted by Gasteiger charge is 2.28. The number of phenolic OH excluding ortho intramolecular Hbond substituents is 1. The van der Waals surface area contributed by atoms with Gasteiger partial charge in [-0.3, -0.25) is 0 Å². The molecule has 2 heterocycles. The van der Waals surface area contributed by atoms with E-state index in [1.807, 2.05) is 31.2 Å². The topological polar surface area (TPSA) is 89.8 Å². The molecule has 4 rings (SSSR count). The molecule has 29 heavy (non-hydrogen) atoms. The molecule has 1 saturated heterocycles. The van der Waals surface area contributed by atoms with Crippen LogP contribution >= 0.6 is 0 Å². The molecule has 1 unspecified atom stereocenters. The van der Waals surface area contributed by atoms with Crippen molar-refractivity contribution in [3.8, 4) is 17.1 Å². The third-order valence-electron chi connectivity index (χ3n) is 5.52. The Morgan fingerprint density at radius 3 is 2.76 bits per heavy atom. The van der Waals surface area contributed by atoms with Gasteiger partial charge in [0.1, 0.15) is 11.6 Å². The minimum Gasteiger partial charge on any atom is -0.507 e. The predicted molar refractivity (Wildman–Crippen MR) is 112 cm³/mol. The smallest absolute Gasteiger partial charge is 0.407 e. The predicted octanol–water partition coefficient (Wildman–Crippen LogP) is 3.89. The SMILES string of the molecule is Cc1ccc2c(N3CCCC(N(C)C(=O)O)C3)nc(-c3ccccc3O)nc2c1. The summed E-state index contributed by atoms with van der Waals surface area (Å²) in [6, 6.07) is 13.0.